The van der Waals surface area contributed by atoms with Gasteiger partial charge in [-0.1, -0.05) is 26.2 Å². The van der Waals surface area contributed by atoms with E-state index in [2.05, 4.69) is 0 Å². The summed E-state index contributed by atoms with van der Waals surface area (Å²) in [4.78, 5) is 20.6. The van der Waals surface area contributed by atoms with E-state index in [1.165, 1.54) is 0 Å². The molecule has 88 valence electrons. The first-order valence-corrected chi connectivity index (χ1v) is 5.49. The molecular weight excluding hydrogens is 196 g/mol. The standard InChI is InChI=1S/C11H20O4/c1-2-9(7-8-11(14)15)5-3-4-6-10(12)13/h9H,2-8H2,1H3,(H,12,13)(H,14,15). The van der Waals surface area contributed by atoms with E-state index in [1.54, 1.807) is 0 Å². The molecule has 0 saturated carbocycles. The molecule has 0 heterocycles. The summed E-state index contributed by atoms with van der Waals surface area (Å²) in [6, 6.07) is 0. The van der Waals surface area contributed by atoms with Crippen LogP contribution in [0.2, 0.25) is 0 Å². The lowest BCUT2D eigenvalue weighted by Gasteiger charge is -2.12. The molecule has 15 heavy (non-hydrogen) atoms. The molecule has 2 N–H and O–H groups in total. The van der Waals surface area contributed by atoms with E-state index in [9.17, 15) is 9.59 Å². The predicted molar refractivity (Wildman–Crippen MR) is 56.8 cm³/mol. The summed E-state index contributed by atoms with van der Waals surface area (Å²) in [5.41, 5.74) is 0. The highest BCUT2D eigenvalue weighted by Crippen LogP contribution is 2.18. The number of rotatable bonds is 9. The van der Waals surface area contributed by atoms with Crippen LogP contribution in [-0.2, 0) is 9.59 Å². The van der Waals surface area contributed by atoms with Crippen LogP contribution in [0.25, 0.3) is 0 Å². The summed E-state index contributed by atoms with van der Waals surface area (Å²) in [5.74, 6) is -1.08. The van der Waals surface area contributed by atoms with E-state index in [1.807, 2.05) is 6.92 Å². The van der Waals surface area contributed by atoms with Crippen LogP contribution in [-0.4, -0.2) is 22.2 Å². The minimum absolute atomic E-state index is 0.218. The second-order valence-corrected chi connectivity index (χ2v) is 3.85. The quantitative estimate of drug-likeness (QED) is 0.581. The summed E-state index contributed by atoms with van der Waals surface area (Å²) in [6.07, 6.45) is 4.63. The van der Waals surface area contributed by atoms with E-state index in [0.29, 0.717) is 18.8 Å². The molecule has 0 aromatic rings. The second-order valence-electron chi connectivity index (χ2n) is 3.85. The molecule has 1 atom stereocenters. The number of hydrogen-bond donors (Lipinski definition) is 2. The third kappa shape index (κ3) is 9.25. The van der Waals surface area contributed by atoms with Crippen molar-refractivity contribution >= 4 is 11.9 Å². The summed E-state index contributed by atoms with van der Waals surface area (Å²) < 4.78 is 0. The highest BCUT2D eigenvalue weighted by atomic mass is 16.4. The Bertz CT molecular complexity index is 201. The fraction of sp³-hybridized carbons (Fsp3) is 0.818. The third-order valence-corrected chi connectivity index (χ3v) is 2.60. The van der Waals surface area contributed by atoms with Crippen molar-refractivity contribution in [3.05, 3.63) is 0 Å². The van der Waals surface area contributed by atoms with Gasteiger partial charge in [-0.3, -0.25) is 9.59 Å². The second kappa shape index (κ2) is 8.26. The highest BCUT2D eigenvalue weighted by molar-refractivity contribution is 5.66. The van der Waals surface area contributed by atoms with Gasteiger partial charge in [0.2, 0.25) is 0 Å². The molecule has 4 nitrogen and oxygen atoms in total. The summed E-state index contributed by atoms with van der Waals surface area (Å²) >= 11 is 0. The van der Waals surface area contributed by atoms with Gasteiger partial charge in [-0.15, -0.1) is 0 Å². The number of unbranched alkanes of at least 4 members (excludes halogenated alkanes) is 1. The SMILES string of the molecule is CCC(CCCCC(=O)O)CCC(=O)O. The van der Waals surface area contributed by atoms with Crippen LogP contribution < -0.4 is 0 Å². The van der Waals surface area contributed by atoms with Gasteiger partial charge >= 0.3 is 11.9 Å². The Morgan fingerprint density at radius 3 is 2.07 bits per heavy atom. The topological polar surface area (TPSA) is 74.6 Å². The van der Waals surface area contributed by atoms with E-state index in [-0.39, 0.29) is 12.8 Å². The lowest BCUT2D eigenvalue weighted by molar-refractivity contribution is -0.138. The summed E-state index contributed by atoms with van der Waals surface area (Å²) in [5, 5.41) is 17.0. The molecule has 0 bridgehead atoms. The van der Waals surface area contributed by atoms with Gasteiger partial charge in [0.05, 0.1) is 0 Å². The van der Waals surface area contributed by atoms with Crippen LogP contribution in [0.15, 0.2) is 0 Å². The number of carboxylic acids is 2. The van der Waals surface area contributed by atoms with Crippen LogP contribution in [0.5, 0.6) is 0 Å². The molecule has 0 aliphatic carbocycles. The van der Waals surface area contributed by atoms with Crippen molar-refractivity contribution in [2.45, 2.75) is 51.9 Å². The fourth-order valence-electron chi connectivity index (χ4n) is 1.59. The molecule has 0 spiro atoms. The summed E-state index contributed by atoms with van der Waals surface area (Å²) in [6.45, 7) is 2.05. The van der Waals surface area contributed by atoms with Crippen LogP contribution in [0.3, 0.4) is 0 Å². The van der Waals surface area contributed by atoms with Crippen molar-refractivity contribution in [3.63, 3.8) is 0 Å². The Morgan fingerprint density at radius 2 is 1.60 bits per heavy atom. The number of carboxylic acid groups (broad SMARTS) is 2. The van der Waals surface area contributed by atoms with Crippen molar-refractivity contribution in [2.75, 3.05) is 0 Å². The zero-order valence-corrected chi connectivity index (χ0v) is 9.24. The Labute approximate surface area is 90.3 Å². The van der Waals surface area contributed by atoms with E-state index < -0.39 is 11.9 Å². The molecule has 4 heteroatoms. The lowest BCUT2D eigenvalue weighted by Crippen LogP contribution is -2.04. The van der Waals surface area contributed by atoms with Crippen LogP contribution >= 0.6 is 0 Å². The van der Waals surface area contributed by atoms with Gasteiger partial charge in [0, 0.05) is 12.8 Å². The number of hydrogen-bond acceptors (Lipinski definition) is 2. The molecule has 0 fully saturated rings. The first-order valence-electron chi connectivity index (χ1n) is 5.49. The Morgan fingerprint density at radius 1 is 1.00 bits per heavy atom. The van der Waals surface area contributed by atoms with Crippen molar-refractivity contribution in [2.24, 2.45) is 5.92 Å². The molecule has 0 aliphatic rings. The molecular formula is C11H20O4. The maximum Gasteiger partial charge on any atom is 0.303 e. The zero-order chi connectivity index (χ0) is 11.7. The van der Waals surface area contributed by atoms with E-state index in [4.69, 9.17) is 10.2 Å². The molecule has 0 amide bonds. The van der Waals surface area contributed by atoms with Crippen molar-refractivity contribution < 1.29 is 19.8 Å². The Kier molecular flexibility index (Phi) is 7.68. The van der Waals surface area contributed by atoms with Crippen LogP contribution in [0.4, 0.5) is 0 Å². The average Bonchev–Trinajstić information content (AvgIpc) is 2.16. The van der Waals surface area contributed by atoms with Gasteiger partial charge in [0.1, 0.15) is 0 Å². The molecule has 1 unspecified atom stereocenters. The Balaban J connectivity index is 3.52. The molecule has 0 rings (SSSR count). The first kappa shape index (κ1) is 13.9. The van der Waals surface area contributed by atoms with Gasteiger partial charge in [0.25, 0.3) is 0 Å². The third-order valence-electron chi connectivity index (χ3n) is 2.60. The van der Waals surface area contributed by atoms with Gasteiger partial charge in [-0.25, -0.2) is 0 Å². The van der Waals surface area contributed by atoms with E-state index >= 15 is 0 Å². The fourth-order valence-corrected chi connectivity index (χ4v) is 1.59. The molecule has 0 aromatic carbocycles. The zero-order valence-electron chi connectivity index (χ0n) is 9.24. The molecule has 0 radical (unpaired) electrons. The predicted octanol–water partition coefficient (Wildman–Crippen LogP) is 2.52. The molecule has 0 aromatic heterocycles. The minimum Gasteiger partial charge on any atom is -0.481 e. The Hall–Kier alpha value is -1.06. The van der Waals surface area contributed by atoms with Gasteiger partial charge in [-0.05, 0) is 18.8 Å². The van der Waals surface area contributed by atoms with Crippen LogP contribution in [0, 0.1) is 5.92 Å². The monoisotopic (exact) mass is 216 g/mol. The van der Waals surface area contributed by atoms with Crippen molar-refractivity contribution in [3.8, 4) is 0 Å². The maximum atomic E-state index is 10.4. The number of carbonyl (C=O) groups is 2. The average molecular weight is 216 g/mol. The first-order chi connectivity index (χ1) is 7.06. The molecule has 0 saturated heterocycles. The van der Waals surface area contributed by atoms with Crippen molar-refractivity contribution in [1.29, 1.82) is 0 Å². The van der Waals surface area contributed by atoms with Crippen LogP contribution in [0.1, 0.15) is 51.9 Å². The molecule has 0 aliphatic heterocycles. The van der Waals surface area contributed by atoms with Crippen molar-refractivity contribution in [1.82, 2.24) is 0 Å². The maximum absolute atomic E-state index is 10.4. The smallest absolute Gasteiger partial charge is 0.303 e. The minimum atomic E-state index is -0.756. The van der Waals surface area contributed by atoms with Gasteiger partial charge in [0.15, 0.2) is 0 Å². The van der Waals surface area contributed by atoms with E-state index in [0.717, 1.165) is 19.3 Å². The lowest BCUT2D eigenvalue weighted by atomic mass is 9.94. The highest BCUT2D eigenvalue weighted by Gasteiger charge is 2.08. The normalized spacial score (nSPS) is 12.3. The summed E-state index contributed by atoms with van der Waals surface area (Å²) in [7, 11) is 0. The largest absolute Gasteiger partial charge is 0.481 e. The van der Waals surface area contributed by atoms with Gasteiger partial charge in [-0.2, -0.15) is 0 Å². The number of aliphatic carboxylic acids is 2. The van der Waals surface area contributed by atoms with Gasteiger partial charge < -0.3 is 10.2 Å².